The van der Waals surface area contributed by atoms with Crippen molar-refractivity contribution in [3.8, 4) is 0 Å². The highest BCUT2D eigenvalue weighted by atomic mass is 31.2. The van der Waals surface area contributed by atoms with Gasteiger partial charge < -0.3 is 33.8 Å². The Morgan fingerprint density at radius 3 is 0.778 bits per heavy atom. The van der Waals surface area contributed by atoms with Crippen molar-refractivity contribution in [3.63, 3.8) is 0 Å². The van der Waals surface area contributed by atoms with E-state index in [0.29, 0.717) is 25.7 Å². The summed E-state index contributed by atoms with van der Waals surface area (Å²) in [6.07, 6.45) is 93.5. The molecule has 0 fully saturated rings. The average molecular weight is 1550 g/mol. The van der Waals surface area contributed by atoms with Crippen LogP contribution >= 0.6 is 15.6 Å². The van der Waals surface area contributed by atoms with Gasteiger partial charge in [0.25, 0.3) is 0 Å². The number of hydrogen-bond acceptors (Lipinski definition) is 15. The standard InChI is InChI=1S/C89H148O17P2/c1-5-9-13-17-21-25-29-33-37-39-41-43-47-50-54-58-62-66-70-74-87(92)100-80-85(106-89(94)76-72-68-64-60-56-52-48-44-42-40-38-34-30-26-22-18-14-10-6-2)82-104-108(97,98)102-78-83(90)77-101-107(95,96)103-81-84(105-88(93)75-71-67-63-59-55-51-46-36-32-28-24-20-16-12-8-4)79-99-86(91)73-69-65-61-57-53-49-45-35-31-27-23-19-15-11-7-3/h9-10,13-14,21-22,24-26,28,33-38,41-46,50,52,54,56,83-85,90H,5-8,11-12,15-20,23,27,29-32,39-40,47-49,51,53,55,57-82H2,1-4H3,(H,95,96)(H,97,98)/b13-9-,14-10-,25-21-,26-22-,28-24-,37-33-,38-34-,43-41-,44-42-,45-35-,46-36-,54-50-,56-52-/t83-,84+,85+/m0/s1. The monoisotopic (exact) mass is 1550 g/mol. The summed E-state index contributed by atoms with van der Waals surface area (Å²) in [5, 5.41) is 10.7. The SMILES string of the molecule is CC/C=C\C/C=C\C/C=C\C/C=C\C/C=C\CCCCCC(=O)OC[C@H](COP(=O)(O)OC[C@@H](O)COP(=O)(O)OC[C@@H](COC(=O)CCCCCCC/C=C\CCCCCCCC)OC(=O)CCCCCCC/C=C\C/C=C\CCCCC)OC(=O)CCCCC/C=C\C/C=C\C/C=C\C/C=C\C/C=C\CC. The molecule has 0 spiro atoms. The summed E-state index contributed by atoms with van der Waals surface area (Å²) in [6.45, 7) is 4.53. The van der Waals surface area contributed by atoms with Gasteiger partial charge in [-0.2, -0.15) is 0 Å². The molecule has 108 heavy (non-hydrogen) atoms. The smallest absolute Gasteiger partial charge is 0.462 e. The molecule has 0 amide bonds. The highest BCUT2D eigenvalue weighted by Crippen LogP contribution is 2.45. The van der Waals surface area contributed by atoms with Gasteiger partial charge in [-0.3, -0.25) is 37.3 Å². The van der Waals surface area contributed by atoms with Gasteiger partial charge in [-0.05, 0) is 173 Å². The summed E-state index contributed by atoms with van der Waals surface area (Å²) in [7, 11) is -10.0. The zero-order valence-electron chi connectivity index (χ0n) is 67.5. The Balaban J connectivity index is 5.47. The van der Waals surface area contributed by atoms with Crippen LogP contribution in [0.4, 0.5) is 0 Å². The van der Waals surface area contributed by atoms with Gasteiger partial charge in [0, 0.05) is 25.7 Å². The molecular formula is C89H148O17P2. The number of unbranched alkanes of at least 4 members (excludes halogenated alkanes) is 25. The van der Waals surface area contributed by atoms with E-state index in [2.05, 4.69) is 186 Å². The van der Waals surface area contributed by atoms with Gasteiger partial charge in [-0.15, -0.1) is 0 Å². The molecule has 0 aromatic carbocycles. The molecule has 2 unspecified atom stereocenters. The molecule has 0 radical (unpaired) electrons. The Hall–Kier alpha value is -5.32. The Morgan fingerprint density at radius 2 is 0.481 bits per heavy atom. The lowest BCUT2D eigenvalue weighted by Gasteiger charge is -2.21. The first-order chi connectivity index (χ1) is 52.7. The Bertz CT molecular complexity index is 2660. The number of phosphoric ester groups is 2. The number of esters is 4. The van der Waals surface area contributed by atoms with E-state index in [1.165, 1.54) is 57.8 Å². The molecule has 0 saturated heterocycles. The lowest BCUT2D eigenvalue weighted by atomic mass is 10.1. The normalized spacial score (nSPS) is 14.6. The maximum absolute atomic E-state index is 13.1. The number of aliphatic hydroxyl groups is 1. The highest BCUT2D eigenvalue weighted by molar-refractivity contribution is 7.47. The molecule has 0 aromatic rings. The van der Waals surface area contributed by atoms with Crippen LogP contribution in [0.2, 0.25) is 0 Å². The van der Waals surface area contributed by atoms with Crippen LogP contribution in [0, 0.1) is 0 Å². The molecule has 0 heterocycles. The molecule has 0 aliphatic carbocycles. The molecule has 0 saturated carbocycles. The topological polar surface area (TPSA) is 237 Å². The van der Waals surface area contributed by atoms with Crippen molar-refractivity contribution in [2.75, 3.05) is 39.6 Å². The van der Waals surface area contributed by atoms with Crippen LogP contribution < -0.4 is 0 Å². The molecular weight excluding hydrogens is 1400 g/mol. The number of carbonyl (C=O) groups is 4. The van der Waals surface area contributed by atoms with Crippen molar-refractivity contribution in [1.82, 2.24) is 0 Å². The summed E-state index contributed by atoms with van der Waals surface area (Å²) in [5.74, 6) is -2.28. The maximum Gasteiger partial charge on any atom is 0.472 e. The molecule has 19 heteroatoms. The van der Waals surface area contributed by atoms with E-state index in [-0.39, 0.29) is 25.7 Å². The average Bonchev–Trinajstić information content (AvgIpc) is 0.896. The lowest BCUT2D eigenvalue weighted by molar-refractivity contribution is -0.161. The van der Waals surface area contributed by atoms with Crippen LogP contribution in [-0.4, -0.2) is 96.7 Å². The van der Waals surface area contributed by atoms with E-state index in [1.807, 2.05) is 0 Å². The molecule has 0 rings (SSSR count). The maximum atomic E-state index is 13.1. The highest BCUT2D eigenvalue weighted by Gasteiger charge is 2.30. The van der Waals surface area contributed by atoms with Crippen LogP contribution in [0.25, 0.3) is 0 Å². The molecule has 0 aromatic heterocycles. The van der Waals surface area contributed by atoms with E-state index in [4.69, 9.17) is 37.0 Å². The number of rotatable bonds is 77. The zero-order valence-corrected chi connectivity index (χ0v) is 69.3. The number of ether oxygens (including phenoxy) is 4. The number of aliphatic hydroxyl groups excluding tert-OH is 1. The number of phosphoric acid groups is 2. The second kappa shape index (κ2) is 79.8. The van der Waals surface area contributed by atoms with Crippen LogP contribution in [0.5, 0.6) is 0 Å². The minimum atomic E-state index is -5.01. The van der Waals surface area contributed by atoms with Crippen LogP contribution in [-0.2, 0) is 65.4 Å². The van der Waals surface area contributed by atoms with Crippen molar-refractivity contribution in [1.29, 1.82) is 0 Å². The van der Waals surface area contributed by atoms with Crippen molar-refractivity contribution in [3.05, 3.63) is 158 Å². The second-order valence-electron chi connectivity index (χ2n) is 27.3. The first-order valence-corrected chi connectivity index (χ1v) is 44.7. The molecule has 3 N–H and O–H groups in total. The van der Waals surface area contributed by atoms with Gasteiger partial charge >= 0.3 is 39.5 Å². The molecule has 616 valence electrons. The predicted octanol–water partition coefficient (Wildman–Crippen LogP) is 24.8. The van der Waals surface area contributed by atoms with Gasteiger partial charge in [0.05, 0.1) is 26.4 Å². The van der Waals surface area contributed by atoms with Crippen molar-refractivity contribution in [2.24, 2.45) is 0 Å². The number of hydrogen-bond donors (Lipinski definition) is 3. The molecule has 17 nitrogen and oxygen atoms in total. The third-order valence-electron chi connectivity index (χ3n) is 17.0. The lowest BCUT2D eigenvalue weighted by Crippen LogP contribution is -2.30. The largest absolute Gasteiger partial charge is 0.472 e. The summed E-state index contributed by atoms with van der Waals surface area (Å²) < 4.78 is 68.7. The van der Waals surface area contributed by atoms with Gasteiger partial charge in [0.15, 0.2) is 12.2 Å². The van der Waals surface area contributed by atoms with E-state index < -0.39 is 97.5 Å². The summed E-state index contributed by atoms with van der Waals surface area (Å²) in [4.78, 5) is 73.2. The quantitative estimate of drug-likeness (QED) is 0.0169. The van der Waals surface area contributed by atoms with Gasteiger partial charge in [-0.1, -0.05) is 282 Å². The fourth-order valence-corrected chi connectivity index (χ4v) is 12.2. The third-order valence-corrected chi connectivity index (χ3v) is 18.9. The molecule has 0 bridgehead atoms. The first-order valence-electron chi connectivity index (χ1n) is 41.7. The Kier molecular flexibility index (Phi) is 75.8. The zero-order chi connectivity index (χ0) is 78.9. The van der Waals surface area contributed by atoms with Crippen LogP contribution in [0.3, 0.4) is 0 Å². The Labute approximate surface area is 655 Å². The number of allylic oxidation sites excluding steroid dienone is 26. The van der Waals surface area contributed by atoms with E-state index in [1.54, 1.807) is 0 Å². The van der Waals surface area contributed by atoms with Crippen LogP contribution in [0.15, 0.2) is 158 Å². The summed E-state index contributed by atoms with van der Waals surface area (Å²) in [5.41, 5.74) is 0. The molecule has 0 aliphatic rings. The van der Waals surface area contributed by atoms with Crippen molar-refractivity contribution < 1.29 is 80.2 Å². The molecule has 5 atom stereocenters. The van der Waals surface area contributed by atoms with Crippen LogP contribution in [0.1, 0.15) is 323 Å². The van der Waals surface area contributed by atoms with E-state index in [0.717, 1.165) is 186 Å². The first kappa shape index (κ1) is 103. The van der Waals surface area contributed by atoms with E-state index >= 15 is 0 Å². The van der Waals surface area contributed by atoms with Gasteiger partial charge in [-0.25, -0.2) is 9.13 Å². The summed E-state index contributed by atoms with van der Waals surface area (Å²) in [6, 6.07) is 0. The van der Waals surface area contributed by atoms with Crippen molar-refractivity contribution in [2.45, 2.75) is 341 Å². The minimum Gasteiger partial charge on any atom is -0.462 e. The minimum absolute atomic E-state index is 0.0421. The predicted molar refractivity (Wildman–Crippen MR) is 445 cm³/mol. The molecule has 0 aliphatic heterocycles. The third kappa shape index (κ3) is 78.8. The van der Waals surface area contributed by atoms with Gasteiger partial charge in [0.1, 0.15) is 19.3 Å². The fraction of sp³-hybridized carbons (Fsp3) is 0.663. The fourth-order valence-electron chi connectivity index (χ4n) is 10.7. The van der Waals surface area contributed by atoms with Crippen molar-refractivity contribution >= 4 is 39.5 Å². The number of carbonyl (C=O) groups excluding carboxylic acids is 4. The summed E-state index contributed by atoms with van der Waals surface area (Å²) >= 11 is 0. The Morgan fingerprint density at radius 1 is 0.269 bits per heavy atom. The van der Waals surface area contributed by atoms with E-state index in [9.17, 15) is 43.2 Å². The second-order valence-corrected chi connectivity index (χ2v) is 30.2. The van der Waals surface area contributed by atoms with Gasteiger partial charge in [0.2, 0.25) is 0 Å².